The Morgan fingerprint density at radius 3 is 2.59 bits per heavy atom. The molecule has 6 rings (SSSR count). The zero-order chi connectivity index (χ0) is 38.2. The SMILES string of the molecule is C=C(NCCN)c1ccc(-c2cccc(-c3cccc4c3CC[C@@H]4Oc3ccc(CN[C@@](C)(CO)C(=O)O)c(OCc4cncc(C#N)c4)n3)c2Cl)cc1. The van der Waals surface area contributed by atoms with Crippen molar-refractivity contribution in [1.82, 2.24) is 20.6 Å². The van der Waals surface area contributed by atoms with E-state index < -0.39 is 18.1 Å². The maximum absolute atomic E-state index is 11.8. The maximum Gasteiger partial charge on any atom is 0.326 e. The molecule has 0 saturated heterocycles. The Bertz CT molecular complexity index is 2210. The second-order valence-corrected chi connectivity index (χ2v) is 13.6. The highest BCUT2D eigenvalue weighted by Crippen LogP contribution is 2.44. The van der Waals surface area contributed by atoms with Crippen molar-refractivity contribution < 1.29 is 24.5 Å². The quantitative estimate of drug-likeness (QED) is 0.0753. The molecule has 54 heavy (non-hydrogen) atoms. The van der Waals surface area contributed by atoms with Gasteiger partial charge in [-0.15, -0.1) is 0 Å². The number of halogens is 1. The molecule has 276 valence electrons. The molecular weight excluding hydrogens is 704 g/mol. The number of nitriles is 1. The van der Waals surface area contributed by atoms with Crippen molar-refractivity contribution in [3.8, 4) is 40.1 Å². The number of aliphatic hydroxyl groups excluding tert-OH is 1. The summed E-state index contributed by atoms with van der Waals surface area (Å²) in [6.07, 6.45) is 4.25. The fraction of sp³-hybridized carbons (Fsp3) is 0.238. The number of nitrogens with zero attached hydrogens (tertiary/aromatic N) is 3. The molecule has 0 aliphatic heterocycles. The summed E-state index contributed by atoms with van der Waals surface area (Å²) in [5.74, 6) is -0.652. The summed E-state index contributed by atoms with van der Waals surface area (Å²) in [7, 11) is 0. The van der Waals surface area contributed by atoms with Crippen LogP contribution in [-0.2, 0) is 24.4 Å². The van der Waals surface area contributed by atoms with E-state index in [9.17, 15) is 20.3 Å². The number of carbonyl (C=O) groups is 1. The van der Waals surface area contributed by atoms with Crippen LogP contribution < -0.4 is 25.8 Å². The molecule has 6 N–H and O–H groups in total. The van der Waals surface area contributed by atoms with Gasteiger partial charge >= 0.3 is 5.97 Å². The van der Waals surface area contributed by atoms with Gasteiger partial charge in [0.05, 0.1) is 17.2 Å². The minimum absolute atomic E-state index is 0.0450. The highest BCUT2D eigenvalue weighted by molar-refractivity contribution is 6.36. The number of nitrogens with one attached hydrogen (secondary N) is 2. The zero-order valence-electron chi connectivity index (χ0n) is 29.8. The number of hydrogen-bond acceptors (Lipinski definition) is 10. The Hall–Kier alpha value is -5.77. The molecule has 0 radical (unpaired) electrons. The Labute approximate surface area is 319 Å². The fourth-order valence-corrected chi connectivity index (χ4v) is 6.66. The van der Waals surface area contributed by atoms with Crippen LogP contribution in [0.1, 0.15) is 52.8 Å². The van der Waals surface area contributed by atoms with Crippen LogP contribution in [0.5, 0.6) is 11.8 Å². The number of carboxylic acid groups (broad SMARTS) is 1. The summed E-state index contributed by atoms with van der Waals surface area (Å²) < 4.78 is 12.6. The zero-order valence-corrected chi connectivity index (χ0v) is 30.6. The first-order valence-electron chi connectivity index (χ1n) is 17.5. The van der Waals surface area contributed by atoms with E-state index in [1.54, 1.807) is 24.4 Å². The van der Waals surface area contributed by atoms with Crippen molar-refractivity contribution >= 4 is 23.3 Å². The minimum Gasteiger partial charge on any atom is -0.480 e. The third-order valence-electron chi connectivity index (χ3n) is 9.46. The van der Waals surface area contributed by atoms with Gasteiger partial charge in [-0.05, 0) is 59.7 Å². The molecule has 0 saturated carbocycles. The molecule has 2 aromatic heterocycles. The van der Waals surface area contributed by atoms with E-state index in [0.717, 1.165) is 51.1 Å². The van der Waals surface area contributed by atoms with Crippen molar-refractivity contribution in [3.05, 3.63) is 136 Å². The van der Waals surface area contributed by atoms with Gasteiger partial charge in [-0.2, -0.15) is 10.2 Å². The number of nitrogens with two attached hydrogens (primary N) is 1. The summed E-state index contributed by atoms with van der Waals surface area (Å²) in [4.78, 5) is 20.6. The van der Waals surface area contributed by atoms with Crippen LogP contribution in [-0.4, -0.2) is 51.4 Å². The van der Waals surface area contributed by atoms with Crippen LogP contribution in [0.2, 0.25) is 5.02 Å². The normalized spacial score (nSPS) is 14.4. The summed E-state index contributed by atoms with van der Waals surface area (Å²) >= 11 is 7.15. The molecule has 2 heterocycles. The third kappa shape index (κ3) is 8.38. The van der Waals surface area contributed by atoms with Gasteiger partial charge in [-0.25, -0.2) is 0 Å². The van der Waals surface area contributed by atoms with Crippen LogP contribution in [0.15, 0.2) is 97.8 Å². The molecule has 0 bridgehead atoms. The van der Waals surface area contributed by atoms with Crippen LogP contribution in [0.4, 0.5) is 0 Å². The molecule has 0 amide bonds. The van der Waals surface area contributed by atoms with E-state index in [1.807, 2.05) is 48.5 Å². The van der Waals surface area contributed by atoms with Gasteiger partial charge in [0.15, 0.2) is 0 Å². The first-order valence-corrected chi connectivity index (χ1v) is 17.9. The highest BCUT2D eigenvalue weighted by atomic mass is 35.5. The van der Waals surface area contributed by atoms with Gasteiger partial charge in [0, 0.05) is 66.0 Å². The van der Waals surface area contributed by atoms with Gasteiger partial charge < -0.3 is 30.7 Å². The largest absolute Gasteiger partial charge is 0.480 e. The lowest BCUT2D eigenvalue weighted by molar-refractivity contribution is -0.145. The first-order chi connectivity index (χ1) is 26.1. The van der Waals surface area contributed by atoms with E-state index in [0.29, 0.717) is 47.1 Å². The van der Waals surface area contributed by atoms with Crippen molar-refractivity contribution in [3.63, 3.8) is 0 Å². The van der Waals surface area contributed by atoms with E-state index >= 15 is 0 Å². The lowest BCUT2D eigenvalue weighted by Gasteiger charge is -2.24. The van der Waals surface area contributed by atoms with Crippen molar-refractivity contribution in [1.29, 1.82) is 5.26 Å². The van der Waals surface area contributed by atoms with Crippen molar-refractivity contribution in [2.75, 3.05) is 19.7 Å². The molecule has 1 aliphatic rings. The standard InChI is InChI=1S/C42H41ClN6O5/c1-26(47-18-17-44)29-9-11-30(12-10-29)32-5-3-8-36(39(32)43)33-6-4-7-35-34(33)14-15-37(35)54-38-16-13-31(23-48-42(2,25-50)41(51)52)40(49-38)53-24-28-19-27(20-45)21-46-22-28/h3-13,16,19,21-22,37,47-48,50H,1,14-15,17-18,23-25,44H2,2H3,(H,51,52)/t37-,42-/m0/s1. The average molecular weight is 745 g/mol. The molecule has 12 heteroatoms. The van der Waals surface area contributed by atoms with E-state index in [2.05, 4.69) is 40.4 Å². The molecule has 2 atom stereocenters. The predicted molar refractivity (Wildman–Crippen MR) is 208 cm³/mol. The number of carboxylic acids is 1. The third-order valence-corrected chi connectivity index (χ3v) is 9.87. The molecule has 0 fully saturated rings. The molecule has 1 aliphatic carbocycles. The number of pyridine rings is 2. The highest BCUT2D eigenvalue weighted by Gasteiger charge is 2.32. The maximum atomic E-state index is 11.8. The number of aliphatic carboxylic acids is 1. The summed E-state index contributed by atoms with van der Waals surface area (Å²) in [5.41, 5.74) is 13.5. The monoisotopic (exact) mass is 744 g/mol. The molecular formula is C42H41ClN6O5. The van der Waals surface area contributed by atoms with Gasteiger partial charge in [-0.1, -0.05) is 78.8 Å². The van der Waals surface area contributed by atoms with Crippen molar-refractivity contribution in [2.45, 2.75) is 44.6 Å². The molecule has 11 nitrogen and oxygen atoms in total. The second kappa shape index (κ2) is 16.9. The summed E-state index contributed by atoms with van der Waals surface area (Å²) in [6.45, 7) is 6.17. The smallest absolute Gasteiger partial charge is 0.326 e. The first kappa shape index (κ1) is 38.0. The minimum atomic E-state index is -1.58. The topological polar surface area (TPSA) is 176 Å². The molecule has 0 unspecified atom stereocenters. The van der Waals surface area contributed by atoms with E-state index in [-0.39, 0.29) is 25.1 Å². The van der Waals surface area contributed by atoms with Crippen molar-refractivity contribution in [2.24, 2.45) is 5.73 Å². The van der Waals surface area contributed by atoms with Crippen LogP contribution in [0.25, 0.3) is 28.0 Å². The molecule has 5 aromatic rings. The summed E-state index contributed by atoms with van der Waals surface area (Å²) in [5, 5.41) is 35.5. The van der Waals surface area contributed by atoms with E-state index in [1.165, 1.54) is 13.1 Å². The molecule has 3 aromatic carbocycles. The predicted octanol–water partition coefficient (Wildman–Crippen LogP) is 6.43. The average Bonchev–Trinajstić information content (AvgIpc) is 3.61. The lowest BCUT2D eigenvalue weighted by atomic mass is 9.93. The van der Waals surface area contributed by atoms with Crippen LogP contribution >= 0.6 is 11.6 Å². The Morgan fingerprint density at radius 1 is 1.09 bits per heavy atom. The van der Waals surface area contributed by atoms with Gasteiger partial charge in [0.1, 0.15) is 24.3 Å². The van der Waals surface area contributed by atoms with Crippen LogP contribution in [0, 0.1) is 11.3 Å². The Kier molecular flexibility index (Phi) is 11.9. The van der Waals surface area contributed by atoms with Gasteiger partial charge in [-0.3, -0.25) is 15.1 Å². The number of benzene rings is 3. The van der Waals surface area contributed by atoms with Gasteiger partial charge in [0.2, 0.25) is 11.8 Å². The Morgan fingerprint density at radius 2 is 1.85 bits per heavy atom. The number of aromatic nitrogens is 2. The van der Waals surface area contributed by atoms with Crippen LogP contribution in [0.3, 0.4) is 0 Å². The number of rotatable bonds is 16. The number of hydrogen-bond donors (Lipinski definition) is 5. The lowest BCUT2D eigenvalue weighted by Crippen LogP contribution is -2.52. The second-order valence-electron chi connectivity index (χ2n) is 13.2. The van der Waals surface area contributed by atoms with Gasteiger partial charge in [0.25, 0.3) is 0 Å². The molecule has 0 spiro atoms. The number of aliphatic hydroxyl groups is 1. The fourth-order valence-electron chi connectivity index (χ4n) is 6.32. The Balaban J connectivity index is 1.24. The number of ether oxygens (including phenoxy) is 2. The number of fused-ring (bicyclic) bond motifs is 1. The summed E-state index contributed by atoms with van der Waals surface area (Å²) in [6, 6.07) is 27.6. The van der Waals surface area contributed by atoms with E-state index in [4.69, 9.17) is 31.8 Å².